The quantitative estimate of drug-likeness (QED) is 0.486. The Labute approximate surface area is 208 Å². The van der Waals surface area contributed by atoms with Gasteiger partial charge in [0.1, 0.15) is 17.4 Å². The highest BCUT2D eigenvalue weighted by atomic mass is 35.5. The zero-order valence-corrected chi connectivity index (χ0v) is 20.4. The molecule has 7 nitrogen and oxygen atoms in total. The summed E-state index contributed by atoms with van der Waals surface area (Å²) in [6, 6.07) is 17.4. The third-order valence-electron chi connectivity index (χ3n) is 5.53. The molecule has 2 heterocycles. The normalized spacial score (nSPS) is 13.6. The Kier molecular flexibility index (Phi) is 8.38. The van der Waals surface area contributed by atoms with Crippen molar-refractivity contribution in [2.24, 2.45) is 0 Å². The number of hydrogen-bond acceptors (Lipinski definition) is 6. The molecule has 0 atom stereocenters. The van der Waals surface area contributed by atoms with Crippen LogP contribution in [0.5, 0.6) is 5.75 Å². The molecule has 0 aliphatic carbocycles. The zero-order chi connectivity index (χ0) is 23.8. The van der Waals surface area contributed by atoms with E-state index in [0.29, 0.717) is 49.1 Å². The minimum absolute atomic E-state index is 0.0725. The molecule has 3 aromatic rings. The number of nitrogens with one attached hydrogen (secondary N) is 1. The highest BCUT2D eigenvalue weighted by Crippen LogP contribution is 2.19. The number of aromatic nitrogens is 1. The fourth-order valence-corrected chi connectivity index (χ4v) is 4.55. The number of hydrogen-bond donors (Lipinski definition) is 1. The van der Waals surface area contributed by atoms with Crippen molar-refractivity contribution in [2.75, 3.05) is 37.6 Å². The Morgan fingerprint density at radius 1 is 1.03 bits per heavy atom. The van der Waals surface area contributed by atoms with Crippen LogP contribution in [0, 0.1) is 0 Å². The number of amides is 2. The Balaban J connectivity index is 1.13. The number of anilines is 1. The molecule has 1 saturated heterocycles. The second-order valence-electron chi connectivity index (χ2n) is 7.96. The van der Waals surface area contributed by atoms with Crippen LogP contribution in [0.15, 0.2) is 60.0 Å². The van der Waals surface area contributed by atoms with Crippen LogP contribution in [0.25, 0.3) is 0 Å². The molecule has 1 N–H and O–H groups in total. The average molecular weight is 499 g/mol. The lowest BCUT2D eigenvalue weighted by atomic mass is 10.2. The molecule has 0 spiro atoms. The molecule has 178 valence electrons. The largest absolute Gasteiger partial charge is 0.486 e. The van der Waals surface area contributed by atoms with Crippen LogP contribution >= 0.6 is 22.9 Å². The molecule has 1 fully saturated rings. The number of benzene rings is 2. The minimum Gasteiger partial charge on any atom is -0.486 e. The molecule has 1 aliphatic heterocycles. The van der Waals surface area contributed by atoms with Crippen molar-refractivity contribution in [3.63, 3.8) is 0 Å². The van der Waals surface area contributed by atoms with Crippen LogP contribution in [0.4, 0.5) is 5.69 Å². The molecular weight excluding hydrogens is 472 g/mol. The number of carbonyl (C=O) groups is 2. The third kappa shape index (κ3) is 6.95. The van der Waals surface area contributed by atoms with E-state index in [-0.39, 0.29) is 18.2 Å². The van der Waals surface area contributed by atoms with Crippen LogP contribution in [0.1, 0.15) is 17.1 Å². The van der Waals surface area contributed by atoms with E-state index in [0.717, 1.165) is 18.1 Å². The van der Waals surface area contributed by atoms with Gasteiger partial charge in [-0.15, -0.1) is 11.3 Å². The van der Waals surface area contributed by atoms with E-state index in [9.17, 15) is 9.59 Å². The summed E-state index contributed by atoms with van der Waals surface area (Å²) in [6.45, 7) is 3.68. The Bertz CT molecular complexity index is 1080. The first-order valence-electron chi connectivity index (χ1n) is 11.2. The summed E-state index contributed by atoms with van der Waals surface area (Å²) in [4.78, 5) is 33.4. The lowest BCUT2D eigenvalue weighted by Gasteiger charge is -2.36. The smallest absolute Gasteiger partial charge is 0.226 e. The fraction of sp³-hybridized carbons (Fsp3) is 0.320. The molecule has 2 amide bonds. The summed E-state index contributed by atoms with van der Waals surface area (Å²) >= 11 is 7.33. The van der Waals surface area contributed by atoms with Gasteiger partial charge in [-0.3, -0.25) is 9.59 Å². The molecule has 0 bridgehead atoms. The summed E-state index contributed by atoms with van der Waals surface area (Å²) in [5.41, 5.74) is 1.88. The van der Waals surface area contributed by atoms with E-state index in [1.54, 1.807) is 24.3 Å². The predicted molar refractivity (Wildman–Crippen MR) is 134 cm³/mol. The second-order valence-corrected chi connectivity index (χ2v) is 9.33. The van der Waals surface area contributed by atoms with E-state index in [2.05, 4.69) is 27.3 Å². The molecule has 9 heteroatoms. The lowest BCUT2D eigenvalue weighted by molar-refractivity contribution is -0.131. The number of halogens is 1. The van der Waals surface area contributed by atoms with Crippen molar-refractivity contribution in [2.45, 2.75) is 19.4 Å². The van der Waals surface area contributed by atoms with Crippen LogP contribution in [-0.4, -0.2) is 54.4 Å². The van der Waals surface area contributed by atoms with Crippen molar-refractivity contribution in [1.29, 1.82) is 0 Å². The molecule has 34 heavy (non-hydrogen) atoms. The monoisotopic (exact) mass is 498 g/mol. The van der Waals surface area contributed by atoms with E-state index in [4.69, 9.17) is 16.3 Å². The summed E-state index contributed by atoms with van der Waals surface area (Å²) in [6.07, 6.45) is 0.482. The molecule has 2 aromatic carbocycles. The van der Waals surface area contributed by atoms with Crippen LogP contribution in [0.2, 0.25) is 5.02 Å². The van der Waals surface area contributed by atoms with Gasteiger partial charge < -0.3 is 19.9 Å². The first kappa shape index (κ1) is 24.0. The van der Waals surface area contributed by atoms with E-state index < -0.39 is 0 Å². The summed E-state index contributed by atoms with van der Waals surface area (Å²) < 4.78 is 5.69. The second kappa shape index (κ2) is 11.9. The minimum atomic E-state index is -0.142. The van der Waals surface area contributed by atoms with Crippen molar-refractivity contribution in [1.82, 2.24) is 15.2 Å². The number of ether oxygens (including phenoxy) is 1. The first-order chi connectivity index (χ1) is 16.6. The molecule has 1 aliphatic rings. The molecule has 1 aromatic heterocycles. The van der Waals surface area contributed by atoms with Gasteiger partial charge in [0.25, 0.3) is 0 Å². The molecular formula is C25H27ClN4O3S. The van der Waals surface area contributed by atoms with E-state index in [1.807, 2.05) is 28.5 Å². The Morgan fingerprint density at radius 2 is 1.76 bits per heavy atom. The van der Waals surface area contributed by atoms with Crippen molar-refractivity contribution >= 4 is 40.4 Å². The number of thiazole rings is 1. The highest BCUT2D eigenvalue weighted by Gasteiger charge is 2.21. The number of carbonyl (C=O) groups excluding carboxylic acids is 2. The number of piperazine rings is 1. The molecule has 0 unspecified atom stereocenters. The van der Waals surface area contributed by atoms with Crippen LogP contribution in [-0.2, 0) is 22.6 Å². The van der Waals surface area contributed by atoms with Gasteiger partial charge in [0.2, 0.25) is 11.8 Å². The number of para-hydroxylation sites is 1. The van der Waals surface area contributed by atoms with Gasteiger partial charge in [0.15, 0.2) is 0 Å². The van der Waals surface area contributed by atoms with Crippen LogP contribution in [0.3, 0.4) is 0 Å². The first-order valence-corrected chi connectivity index (χ1v) is 12.5. The average Bonchev–Trinajstić information content (AvgIpc) is 3.31. The van der Waals surface area contributed by atoms with Gasteiger partial charge in [0.05, 0.1) is 12.1 Å². The maximum atomic E-state index is 12.5. The maximum absolute atomic E-state index is 12.5. The van der Waals surface area contributed by atoms with Crippen molar-refractivity contribution in [3.05, 3.63) is 75.7 Å². The van der Waals surface area contributed by atoms with Crippen molar-refractivity contribution in [3.8, 4) is 5.75 Å². The van der Waals surface area contributed by atoms with Crippen LogP contribution < -0.4 is 15.0 Å². The molecule has 0 radical (unpaired) electrons. The predicted octanol–water partition coefficient (Wildman–Crippen LogP) is 3.77. The van der Waals surface area contributed by atoms with Gasteiger partial charge in [-0.25, -0.2) is 4.98 Å². The summed E-state index contributed by atoms with van der Waals surface area (Å²) in [5, 5.41) is 6.14. The third-order valence-corrected chi connectivity index (χ3v) is 6.65. The SMILES string of the molecule is O=C(Cc1csc(COc2ccc(Cl)cc2)n1)NCCC(=O)N1CCN(c2ccccc2)CC1. The fourth-order valence-electron chi connectivity index (χ4n) is 3.72. The highest BCUT2D eigenvalue weighted by molar-refractivity contribution is 7.09. The molecule has 0 saturated carbocycles. The standard InChI is InChI=1S/C25H27ClN4O3S/c26-19-6-8-22(9-7-19)33-17-24-28-20(18-34-24)16-23(31)27-11-10-25(32)30-14-12-29(13-15-30)21-4-2-1-3-5-21/h1-9,18H,10-17H2,(H,27,31). The van der Waals surface area contributed by atoms with Gasteiger partial charge in [-0.2, -0.15) is 0 Å². The topological polar surface area (TPSA) is 74.8 Å². The van der Waals surface area contributed by atoms with E-state index >= 15 is 0 Å². The van der Waals surface area contributed by atoms with Crippen molar-refractivity contribution < 1.29 is 14.3 Å². The van der Waals surface area contributed by atoms with E-state index in [1.165, 1.54) is 17.0 Å². The maximum Gasteiger partial charge on any atom is 0.226 e. The van der Waals surface area contributed by atoms with Gasteiger partial charge >= 0.3 is 0 Å². The lowest BCUT2D eigenvalue weighted by Crippen LogP contribution is -2.49. The molecule has 4 rings (SSSR count). The van der Waals surface area contributed by atoms with Gasteiger partial charge in [-0.05, 0) is 36.4 Å². The number of nitrogens with zero attached hydrogens (tertiary/aromatic N) is 3. The zero-order valence-electron chi connectivity index (χ0n) is 18.8. The number of rotatable bonds is 9. The summed E-state index contributed by atoms with van der Waals surface area (Å²) in [5.74, 6) is 0.644. The van der Waals surface area contributed by atoms with Gasteiger partial charge in [-0.1, -0.05) is 29.8 Å². The summed E-state index contributed by atoms with van der Waals surface area (Å²) in [7, 11) is 0. The Hall–Kier alpha value is -3.10. The Morgan fingerprint density at radius 3 is 2.50 bits per heavy atom. The van der Waals surface area contributed by atoms with Gasteiger partial charge in [0, 0.05) is 55.2 Å².